The van der Waals surface area contributed by atoms with E-state index in [0.717, 1.165) is 29.6 Å². The number of methoxy groups -OCH3 is 1. The summed E-state index contributed by atoms with van der Waals surface area (Å²) in [5, 5.41) is 9.36. The number of nitriles is 1. The van der Waals surface area contributed by atoms with E-state index < -0.39 is 0 Å². The maximum absolute atomic E-state index is 13.0. The molecule has 1 amide bonds. The van der Waals surface area contributed by atoms with E-state index in [1.807, 2.05) is 18.2 Å². The number of amides is 1. The highest BCUT2D eigenvalue weighted by Gasteiger charge is 2.60. The summed E-state index contributed by atoms with van der Waals surface area (Å²) in [4.78, 5) is 15.1. The lowest BCUT2D eigenvalue weighted by Gasteiger charge is -2.60. The minimum absolute atomic E-state index is 0.0396. The van der Waals surface area contributed by atoms with Gasteiger partial charge < -0.3 is 9.64 Å². The Hall–Kier alpha value is -2.28. The van der Waals surface area contributed by atoms with Crippen LogP contribution in [0.5, 0.6) is 5.75 Å². The minimum atomic E-state index is 0.0396. The highest BCUT2D eigenvalue weighted by molar-refractivity contribution is 5.89. The van der Waals surface area contributed by atoms with E-state index in [0.29, 0.717) is 30.2 Å². The molecule has 0 bridgehead atoms. The Balaban J connectivity index is 1.40. The minimum Gasteiger partial charge on any atom is -0.497 e. The second-order valence-corrected chi connectivity index (χ2v) is 11.2. The Kier molecular flexibility index (Phi) is 5.35. The van der Waals surface area contributed by atoms with Gasteiger partial charge in [0.2, 0.25) is 5.91 Å². The van der Waals surface area contributed by atoms with Crippen LogP contribution in [0.3, 0.4) is 0 Å². The molecule has 0 aromatic heterocycles. The molecule has 32 heavy (non-hydrogen) atoms. The second-order valence-electron chi connectivity index (χ2n) is 11.2. The highest BCUT2D eigenvalue weighted by Crippen LogP contribution is 2.66. The van der Waals surface area contributed by atoms with E-state index in [2.05, 4.69) is 43.0 Å². The van der Waals surface area contributed by atoms with Gasteiger partial charge in [-0.1, -0.05) is 32.1 Å². The maximum Gasteiger partial charge on any atom is 0.246 e. The van der Waals surface area contributed by atoms with Crippen molar-refractivity contribution in [2.24, 2.45) is 34.5 Å². The Morgan fingerprint density at radius 3 is 2.59 bits per heavy atom. The zero-order valence-electron chi connectivity index (χ0n) is 19.7. The molecule has 4 aliphatic rings. The Morgan fingerprint density at radius 2 is 1.88 bits per heavy atom. The molecule has 0 N–H and O–H groups in total. The molecule has 3 saturated carbocycles. The van der Waals surface area contributed by atoms with Crippen molar-refractivity contribution in [3.8, 4) is 11.8 Å². The molecule has 170 valence electrons. The van der Waals surface area contributed by atoms with Gasteiger partial charge in [0.05, 0.1) is 13.2 Å². The highest BCUT2D eigenvalue weighted by atomic mass is 16.5. The van der Waals surface area contributed by atoms with Gasteiger partial charge in [0.25, 0.3) is 0 Å². The van der Waals surface area contributed by atoms with Crippen molar-refractivity contribution in [3.63, 3.8) is 0 Å². The number of fused-ring (bicyclic) bond motifs is 5. The third-order valence-corrected chi connectivity index (χ3v) is 10.0. The maximum atomic E-state index is 13.0. The van der Waals surface area contributed by atoms with Crippen molar-refractivity contribution in [2.45, 2.75) is 71.4 Å². The average Bonchev–Trinajstić information content (AvgIpc) is 3.13. The third-order valence-electron chi connectivity index (χ3n) is 10.0. The quantitative estimate of drug-likeness (QED) is 0.610. The monoisotopic (exact) mass is 432 g/mol. The molecule has 5 rings (SSSR count). The first-order valence-electron chi connectivity index (χ1n) is 12.4. The van der Waals surface area contributed by atoms with Gasteiger partial charge >= 0.3 is 0 Å². The predicted octanol–water partition coefficient (Wildman–Crippen LogP) is 5.73. The van der Waals surface area contributed by atoms with Crippen LogP contribution in [0.2, 0.25) is 0 Å². The lowest BCUT2D eigenvalue weighted by Crippen LogP contribution is -2.60. The molecule has 0 radical (unpaired) electrons. The summed E-state index contributed by atoms with van der Waals surface area (Å²) in [7, 11) is 1.68. The number of hydrogen-bond donors (Lipinski definition) is 0. The van der Waals surface area contributed by atoms with Crippen molar-refractivity contribution in [3.05, 3.63) is 42.0 Å². The van der Waals surface area contributed by atoms with Crippen molar-refractivity contribution < 1.29 is 9.53 Å². The summed E-state index contributed by atoms with van der Waals surface area (Å²) < 4.78 is 5.30. The molecule has 4 heteroatoms. The number of hydrogen-bond acceptors (Lipinski definition) is 3. The second kappa shape index (κ2) is 7.94. The summed E-state index contributed by atoms with van der Waals surface area (Å²) in [6, 6.07) is 10.9. The number of rotatable bonds is 4. The number of carbonyl (C=O) groups excluding carboxylic acids is 1. The molecule has 3 aliphatic carbocycles. The van der Waals surface area contributed by atoms with E-state index >= 15 is 0 Å². The third kappa shape index (κ3) is 3.19. The van der Waals surface area contributed by atoms with Crippen LogP contribution in [0.15, 0.2) is 36.4 Å². The average molecular weight is 433 g/mol. The molecule has 7 atom stereocenters. The van der Waals surface area contributed by atoms with Crippen LogP contribution in [-0.2, 0) is 11.3 Å². The van der Waals surface area contributed by atoms with Gasteiger partial charge in [-0.25, -0.2) is 0 Å². The summed E-state index contributed by atoms with van der Waals surface area (Å²) in [6.07, 6.45) is 12.1. The number of nitrogens with zero attached hydrogens (tertiary/aromatic N) is 2. The molecule has 0 saturated heterocycles. The topological polar surface area (TPSA) is 53.3 Å². The van der Waals surface area contributed by atoms with Gasteiger partial charge in [-0.2, -0.15) is 5.26 Å². The summed E-state index contributed by atoms with van der Waals surface area (Å²) in [6.45, 7) is 5.56. The van der Waals surface area contributed by atoms with Crippen LogP contribution in [-0.4, -0.2) is 24.0 Å². The van der Waals surface area contributed by atoms with Crippen LogP contribution in [0.25, 0.3) is 0 Å². The fraction of sp³-hybridized carbons (Fsp3) is 0.643. The molecule has 4 nitrogen and oxygen atoms in total. The van der Waals surface area contributed by atoms with Crippen molar-refractivity contribution in [2.75, 3.05) is 7.11 Å². The van der Waals surface area contributed by atoms with E-state index in [-0.39, 0.29) is 17.4 Å². The first-order chi connectivity index (χ1) is 15.4. The first kappa shape index (κ1) is 21.6. The van der Waals surface area contributed by atoms with E-state index in [9.17, 15) is 10.1 Å². The Bertz CT molecular complexity index is 947. The standard InChI is InChI=1S/C28H36N2O2/c1-27-15-12-24-22(23(27)10-6-20(27)14-17-29)9-11-25-28(24,2)16-13-26(31)30(25)18-19-4-7-21(32-3)8-5-19/h4-5,7-8,13,16,20,22-25H,6,9-12,14-15,18H2,1-3H3. The number of benzene rings is 1. The number of ether oxygens (including phenoxy) is 1. The molecular weight excluding hydrogens is 396 g/mol. The van der Waals surface area contributed by atoms with Crippen LogP contribution in [0.4, 0.5) is 0 Å². The van der Waals surface area contributed by atoms with Crippen molar-refractivity contribution >= 4 is 5.91 Å². The van der Waals surface area contributed by atoms with Crippen molar-refractivity contribution in [1.29, 1.82) is 5.26 Å². The van der Waals surface area contributed by atoms with Crippen LogP contribution < -0.4 is 4.74 Å². The van der Waals surface area contributed by atoms with E-state index in [4.69, 9.17) is 4.74 Å². The van der Waals surface area contributed by atoms with Crippen LogP contribution in [0.1, 0.15) is 64.4 Å². The molecule has 1 aliphatic heterocycles. The zero-order chi connectivity index (χ0) is 22.5. The van der Waals surface area contributed by atoms with E-state index in [1.165, 1.54) is 32.1 Å². The zero-order valence-corrected chi connectivity index (χ0v) is 19.7. The SMILES string of the molecule is COc1ccc(CN2C(=O)C=CC3(C)C4CCC5(C)C(CC#N)CCC5C4CCC23)cc1. The Labute approximate surface area is 192 Å². The number of carbonyl (C=O) groups is 1. The van der Waals surface area contributed by atoms with Gasteiger partial charge in [-0.3, -0.25) is 4.79 Å². The normalized spacial score (nSPS) is 40.2. The van der Waals surface area contributed by atoms with Crippen LogP contribution in [0, 0.1) is 45.8 Å². The summed E-state index contributed by atoms with van der Waals surface area (Å²) in [5.74, 6) is 3.65. The molecule has 1 aromatic carbocycles. The van der Waals surface area contributed by atoms with Crippen LogP contribution >= 0.6 is 0 Å². The predicted molar refractivity (Wildman–Crippen MR) is 125 cm³/mol. The summed E-state index contributed by atoms with van der Waals surface area (Å²) in [5.41, 5.74) is 1.53. The smallest absolute Gasteiger partial charge is 0.246 e. The van der Waals surface area contributed by atoms with Gasteiger partial charge in [0.15, 0.2) is 0 Å². The van der Waals surface area contributed by atoms with Gasteiger partial charge in [-0.05, 0) is 91.4 Å². The van der Waals surface area contributed by atoms with E-state index in [1.54, 1.807) is 7.11 Å². The molecule has 3 fully saturated rings. The van der Waals surface area contributed by atoms with Gasteiger partial charge in [0, 0.05) is 24.4 Å². The van der Waals surface area contributed by atoms with Gasteiger partial charge in [0.1, 0.15) is 5.75 Å². The fourth-order valence-electron chi connectivity index (χ4n) is 8.27. The molecule has 1 heterocycles. The molecule has 0 spiro atoms. The van der Waals surface area contributed by atoms with Gasteiger partial charge in [-0.15, -0.1) is 0 Å². The largest absolute Gasteiger partial charge is 0.497 e. The molecule has 1 aromatic rings. The van der Waals surface area contributed by atoms with Crippen molar-refractivity contribution in [1.82, 2.24) is 4.90 Å². The Morgan fingerprint density at radius 1 is 1.09 bits per heavy atom. The molecule has 7 unspecified atom stereocenters. The lowest BCUT2D eigenvalue weighted by atomic mass is 9.47. The fourth-order valence-corrected chi connectivity index (χ4v) is 8.27. The summed E-state index contributed by atoms with van der Waals surface area (Å²) >= 11 is 0. The molecular formula is C28H36N2O2. The lowest BCUT2D eigenvalue weighted by molar-refractivity contribution is -0.142. The first-order valence-corrected chi connectivity index (χ1v) is 12.4.